The molecule has 0 fully saturated rings. The van der Waals surface area contributed by atoms with Crippen molar-refractivity contribution in [2.24, 2.45) is 0 Å². The van der Waals surface area contributed by atoms with Gasteiger partial charge < -0.3 is 0 Å². The van der Waals surface area contributed by atoms with Crippen LogP contribution in [0.2, 0.25) is 0 Å². The molecule has 0 heterocycles. The van der Waals surface area contributed by atoms with E-state index in [9.17, 15) is 4.39 Å². The molecule has 2 rings (SSSR count). The third-order valence-corrected chi connectivity index (χ3v) is 3.84. The van der Waals surface area contributed by atoms with Crippen LogP contribution in [0.25, 0.3) is 0 Å². The highest BCUT2D eigenvalue weighted by atomic mass is 32.2. The third kappa shape index (κ3) is 3.84. The van der Waals surface area contributed by atoms with Crippen LogP contribution in [0, 0.1) is 24.1 Å². The van der Waals surface area contributed by atoms with Crippen molar-refractivity contribution in [2.75, 3.05) is 0 Å². The van der Waals surface area contributed by atoms with E-state index < -0.39 is 0 Å². The summed E-state index contributed by atoms with van der Waals surface area (Å²) in [5.41, 5.74) is 3.50. The van der Waals surface area contributed by atoms with Crippen molar-refractivity contribution in [3.05, 3.63) is 70.5 Å². The molecule has 0 saturated heterocycles. The van der Waals surface area contributed by atoms with Crippen LogP contribution in [0.5, 0.6) is 0 Å². The van der Waals surface area contributed by atoms with Gasteiger partial charge in [-0.3, -0.25) is 0 Å². The van der Waals surface area contributed by atoms with Gasteiger partial charge in [-0.25, -0.2) is 4.39 Å². The van der Waals surface area contributed by atoms with Gasteiger partial charge in [0.1, 0.15) is 5.82 Å². The van der Waals surface area contributed by atoms with E-state index in [0.717, 1.165) is 5.75 Å². The highest BCUT2D eigenvalue weighted by Gasteiger charge is 2.04. The fourth-order valence-corrected chi connectivity index (χ4v) is 2.79. The Labute approximate surface area is 117 Å². The van der Waals surface area contributed by atoms with E-state index in [-0.39, 0.29) is 5.82 Å². The van der Waals surface area contributed by atoms with E-state index in [1.807, 2.05) is 12.1 Å². The fraction of sp³-hybridized carbons (Fsp3) is 0.188. The second kappa shape index (κ2) is 6.40. The zero-order chi connectivity index (χ0) is 13.7. The van der Waals surface area contributed by atoms with Crippen molar-refractivity contribution in [1.82, 2.24) is 0 Å². The first-order valence-corrected chi connectivity index (χ1v) is 7.16. The highest BCUT2D eigenvalue weighted by molar-refractivity contribution is 7.97. The second-order valence-electron chi connectivity index (χ2n) is 4.40. The van der Waals surface area contributed by atoms with E-state index in [1.165, 1.54) is 17.2 Å². The van der Waals surface area contributed by atoms with Crippen molar-refractivity contribution in [3.8, 4) is 6.07 Å². The number of hydrogen-bond acceptors (Lipinski definition) is 2. The summed E-state index contributed by atoms with van der Waals surface area (Å²) < 4.78 is 13.7. The van der Waals surface area contributed by atoms with Crippen LogP contribution in [-0.4, -0.2) is 0 Å². The highest BCUT2D eigenvalue weighted by Crippen LogP contribution is 2.21. The normalized spacial score (nSPS) is 10.2. The molecule has 3 heteroatoms. The predicted molar refractivity (Wildman–Crippen MR) is 77.3 cm³/mol. The molecular formula is C16H14FNS. The Bertz CT molecular complexity index is 616. The van der Waals surface area contributed by atoms with Crippen LogP contribution >= 0.6 is 11.8 Å². The summed E-state index contributed by atoms with van der Waals surface area (Å²) in [5, 5.41) is 8.68. The molecule has 96 valence electrons. The molecule has 0 aliphatic heterocycles. The first-order valence-electron chi connectivity index (χ1n) is 6.01. The first kappa shape index (κ1) is 13.6. The first-order chi connectivity index (χ1) is 9.19. The standard InChI is InChI=1S/C16H14FNS/c1-12-3-2-4-14(7-12)10-19-11-15-6-5-13(9-18)8-16(15)17/h2-8H,10-11H2,1H3. The maximum absolute atomic E-state index is 13.7. The van der Waals surface area contributed by atoms with Gasteiger partial charge in [-0.05, 0) is 30.2 Å². The molecule has 0 saturated carbocycles. The third-order valence-electron chi connectivity index (χ3n) is 2.79. The average molecular weight is 271 g/mol. The van der Waals surface area contributed by atoms with Crippen LogP contribution < -0.4 is 0 Å². The lowest BCUT2D eigenvalue weighted by Gasteiger charge is -2.05. The van der Waals surface area contributed by atoms with Crippen molar-refractivity contribution >= 4 is 11.8 Å². The number of thioether (sulfide) groups is 1. The van der Waals surface area contributed by atoms with Gasteiger partial charge in [0.05, 0.1) is 11.6 Å². The Balaban J connectivity index is 1.94. The van der Waals surface area contributed by atoms with Gasteiger partial charge in [0.25, 0.3) is 0 Å². The molecule has 1 nitrogen and oxygen atoms in total. The van der Waals surface area contributed by atoms with E-state index in [4.69, 9.17) is 5.26 Å². The van der Waals surface area contributed by atoms with E-state index in [0.29, 0.717) is 16.9 Å². The summed E-state index contributed by atoms with van der Waals surface area (Å²) in [4.78, 5) is 0. The zero-order valence-corrected chi connectivity index (χ0v) is 11.5. The molecular weight excluding hydrogens is 257 g/mol. The fourth-order valence-electron chi connectivity index (χ4n) is 1.81. The van der Waals surface area contributed by atoms with Crippen LogP contribution in [0.1, 0.15) is 22.3 Å². The van der Waals surface area contributed by atoms with Crippen LogP contribution in [0.15, 0.2) is 42.5 Å². The average Bonchev–Trinajstić information content (AvgIpc) is 2.40. The molecule has 0 aliphatic rings. The summed E-state index contributed by atoms with van der Waals surface area (Å²) in [7, 11) is 0. The smallest absolute Gasteiger partial charge is 0.128 e. The van der Waals surface area contributed by atoms with Crippen molar-refractivity contribution in [1.29, 1.82) is 5.26 Å². The summed E-state index contributed by atoms with van der Waals surface area (Å²) in [6, 6.07) is 14.9. The lowest BCUT2D eigenvalue weighted by molar-refractivity contribution is 0.617. The SMILES string of the molecule is Cc1cccc(CSCc2ccc(C#N)cc2F)c1. The lowest BCUT2D eigenvalue weighted by atomic mass is 10.1. The quantitative estimate of drug-likeness (QED) is 0.821. The molecule has 19 heavy (non-hydrogen) atoms. The van der Waals surface area contributed by atoms with Gasteiger partial charge in [-0.2, -0.15) is 17.0 Å². The van der Waals surface area contributed by atoms with Gasteiger partial charge in [0.2, 0.25) is 0 Å². The number of benzene rings is 2. The summed E-state index contributed by atoms with van der Waals surface area (Å²) >= 11 is 1.67. The topological polar surface area (TPSA) is 23.8 Å². The summed E-state index contributed by atoms with van der Waals surface area (Å²) in [5.74, 6) is 1.18. The molecule has 0 bridgehead atoms. The number of aryl methyl sites for hydroxylation is 1. The Kier molecular flexibility index (Phi) is 4.59. The van der Waals surface area contributed by atoms with Crippen LogP contribution in [-0.2, 0) is 11.5 Å². The zero-order valence-electron chi connectivity index (χ0n) is 10.7. The summed E-state index contributed by atoms with van der Waals surface area (Å²) in [6.07, 6.45) is 0. The maximum Gasteiger partial charge on any atom is 0.128 e. The van der Waals surface area contributed by atoms with Crippen LogP contribution in [0.3, 0.4) is 0 Å². The molecule has 0 aromatic heterocycles. The number of nitriles is 1. The molecule has 0 atom stereocenters. The van der Waals surface area contributed by atoms with Crippen molar-refractivity contribution in [2.45, 2.75) is 18.4 Å². The number of nitrogens with zero attached hydrogens (tertiary/aromatic N) is 1. The second-order valence-corrected chi connectivity index (χ2v) is 5.39. The molecule has 2 aromatic rings. The number of rotatable bonds is 4. The lowest BCUT2D eigenvalue weighted by Crippen LogP contribution is -1.90. The Morgan fingerprint density at radius 2 is 2.00 bits per heavy atom. The molecule has 0 unspecified atom stereocenters. The van der Waals surface area contributed by atoms with E-state index >= 15 is 0 Å². The van der Waals surface area contributed by atoms with Gasteiger partial charge in [0, 0.05) is 11.5 Å². The minimum atomic E-state index is -0.296. The molecule has 0 amide bonds. The Morgan fingerprint density at radius 1 is 1.16 bits per heavy atom. The van der Waals surface area contributed by atoms with E-state index in [2.05, 4.69) is 25.1 Å². The number of hydrogen-bond donors (Lipinski definition) is 0. The molecule has 0 spiro atoms. The monoisotopic (exact) mass is 271 g/mol. The maximum atomic E-state index is 13.7. The predicted octanol–water partition coefficient (Wildman–Crippen LogP) is 4.44. The van der Waals surface area contributed by atoms with Gasteiger partial charge in [0.15, 0.2) is 0 Å². The van der Waals surface area contributed by atoms with Crippen molar-refractivity contribution < 1.29 is 4.39 Å². The largest absolute Gasteiger partial charge is 0.207 e. The molecule has 2 aromatic carbocycles. The number of halogens is 1. The minimum Gasteiger partial charge on any atom is -0.207 e. The Hall–Kier alpha value is -1.79. The molecule has 0 aliphatic carbocycles. The van der Waals surface area contributed by atoms with E-state index in [1.54, 1.807) is 23.9 Å². The van der Waals surface area contributed by atoms with Crippen LogP contribution in [0.4, 0.5) is 4.39 Å². The van der Waals surface area contributed by atoms with Crippen molar-refractivity contribution in [3.63, 3.8) is 0 Å². The molecule has 0 radical (unpaired) electrons. The van der Waals surface area contributed by atoms with Gasteiger partial charge in [-0.15, -0.1) is 0 Å². The van der Waals surface area contributed by atoms with Gasteiger partial charge >= 0.3 is 0 Å². The molecule has 0 N–H and O–H groups in total. The van der Waals surface area contributed by atoms with Gasteiger partial charge in [-0.1, -0.05) is 35.9 Å². The minimum absolute atomic E-state index is 0.296. The summed E-state index contributed by atoms with van der Waals surface area (Å²) in [6.45, 7) is 2.06. The Morgan fingerprint density at radius 3 is 2.68 bits per heavy atom.